The van der Waals surface area contributed by atoms with Crippen molar-refractivity contribution in [3.8, 4) is 0 Å². The number of likely N-dealkylation sites (tertiary alicyclic amines) is 1. The van der Waals surface area contributed by atoms with Crippen LogP contribution in [0.1, 0.15) is 71.1 Å². The van der Waals surface area contributed by atoms with Crippen LogP contribution in [0.4, 0.5) is 0 Å². The number of hydrogen-bond acceptors (Lipinski definition) is 2. The lowest BCUT2D eigenvalue weighted by Gasteiger charge is -2.47. The Morgan fingerprint density at radius 3 is 2.67 bits per heavy atom. The molecule has 1 heterocycles. The predicted molar refractivity (Wildman–Crippen MR) is 78.7 cm³/mol. The van der Waals surface area contributed by atoms with Crippen molar-refractivity contribution in [2.75, 3.05) is 13.1 Å². The van der Waals surface area contributed by atoms with Crippen molar-refractivity contribution >= 4 is 0 Å². The average Bonchev–Trinajstić information content (AvgIpc) is 2.43. The van der Waals surface area contributed by atoms with Crippen molar-refractivity contribution in [1.29, 1.82) is 0 Å². The zero-order valence-corrected chi connectivity index (χ0v) is 12.2. The predicted octanol–water partition coefficient (Wildman–Crippen LogP) is 3.55. The molecule has 3 unspecified atom stereocenters. The molecule has 2 fully saturated rings. The van der Waals surface area contributed by atoms with Gasteiger partial charge in [-0.25, -0.2) is 0 Å². The van der Waals surface area contributed by atoms with Gasteiger partial charge in [0, 0.05) is 18.6 Å². The Balaban J connectivity index is 1.90. The zero-order valence-electron chi connectivity index (χ0n) is 12.2. The Morgan fingerprint density at radius 2 is 1.89 bits per heavy atom. The van der Waals surface area contributed by atoms with E-state index in [2.05, 4.69) is 11.8 Å². The molecule has 1 aliphatic carbocycles. The second-order valence-electron chi connectivity index (χ2n) is 6.38. The molecule has 2 rings (SSSR count). The molecule has 2 aliphatic rings. The molecule has 0 aromatic heterocycles. The van der Waals surface area contributed by atoms with Gasteiger partial charge in [-0.1, -0.05) is 39.0 Å². The van der Waals surface area contributed by atoms with Gasteiger partial charge in [0.1, 0.15) is 0 Å². The topological polar surface area (TPSA) is 29.3 Å². The maximum absolute atomic E-state index is 6.07. The Hall–Kier alpha value is -0.0800. The molecule has 0 aromatic carbocycles. The quantitative estimate of drug-likeness (QED) is 0.733. The molecule has 18 heavy (non-hydrogen) atoms. The lowest BCUT2D eigenvalue weighted by atomic mass is 9.77. The lowest BCUT2D eigenvalue weighted by Crippen LogP contribution is -2.53. The minimum atomic E-state index is 0.669. The van der Waals surface area contributed by atoms with Crippen molar-refractivity contribution in [3.63, 3.8) is 0 Å². The molecule has 0 aromatic rings. The van der Waals surface area contributed by atoms with E-state index in [1.54, 1.807) is 0 Å². The van der Waals surface area contributed by atoms with Crippen LogP contribution >= 0.6 is 0 Å². The summed E-state index contributed by atoms with van der Waals surface area (Å²) < 4.78 is 0. The fraction of sp³-hybridized carbons (Fsp3) is 1.00. The molecule has 1 saturated heterocycles. The summed E-state index contributed by atoms with van der Waals surface area (Å²) in [6.07, 6.45) is 14.1. The number of nitrogens with zero attached hydrogens (tertiary/aromatic N) is 1. The summed E-state index contributed by atoms with van der Waals surface area (Å²) in [4.78, 5) is 2.81. The van der Waals surface area contributed by atoms with Gasteiger partial charge in [0.25, 0.3) is 0 Å². The van der Waals surface area contributed by atoms with Gasteiger partial charge in [0.15, 0.2) is 0 Å². The standard InChI is InChI=1S/C16H32N2/c1-2-3-4-10-15(13-17)18-12-7-9-14-8-5-6-11-16(14)18/h14-16H,2-13,17H2,1H3. The van der Waals surface area contributed by atoms with Crippen molar-refractivity contribution in [3.05, 3.63) is 0 Å². The highest BCUT2D eigenvalue weighted by Crippen LogP contribution is 2.36. The molecule has 2 nitrogen and oxygen atoms in total. The summed E-state index contributed by atoms with van der Waals surface area (Å²) >= 11 is 0. The van der Waals surface area contributed by atoms with Crippen molar-refractivity contribution in [1.82, 2.24) is 4.90 Å². The number of rotatable bonds is 6. The number of hydrogen-bond donors (Lipinski definition) is 1. The first-order chi connectivity index (χ1) is 8.86. The van der Waals surface area contributed by atoms with Crippen molar-refractivity contribution < 1.29 is 0 Å². The van der Waals surface area contributed by atoms with Crippen LogP contribution in [0.15, 0.2) is 0 Å². The summed E-state index contributed by atoms with van der Waals surface area (Å²) in [5.41, 5.74) is 6.07. The third kappa shape index (κ3) is 3.48. The fourth-order valence-corrected chi connectivity index (χ4v) is 4.17. The molecule has 1 saturated carbocycles. The van der Waals surface area contributed by atoms with E-state index in [0.717, 1.165) is 18.5 Å². The van der Waals surface area contributed by atoms with Gasteiger partial charge in [-0.2, -0.15) is 0 Å². The first-order valence-electron chi connectivity index (χ1n) is 8.32. The van der Waals surface area contributed by atoms with Crippen molar-refractivity contribution in [2.45, 2.75) is 83.2 Å². The molecule has 1 aliphatic heterocycles. The van der Waals surface area contributed by atoms with Gasteiger partial charge in [-0.15, -0.1) is 0 Å². The minimum absolute atomic E-state index is 0.669. The monoisotopic (exact) mass is 252 g/mol. The number of unbranched alkanes of at least 4 members (excludes halogenated alkanes) is 2. The normalized spacial score (nSPS) is 31.0. The fourth-order valence-electron chi connectivity index (χ4n) is 4.17. The molecule has 0 amide bonds. The Labute approximate surface area is 113 Å². The van der Waals surface area contributed by atoms with Crippen LogP contribution in [0.5, 0.6) is 0 Å². The van der Waals surface area contributed by atoms with Gasteiger partial charge < -0.3 is 5.73 Å². The Bertz CT molecular complexity index is 227. The highest BCUT2D eigenvalue weighted by atomic mass is 15.2. The lowest BCUT2D eigenvalue weighted by molar-refractivity contribution is 0.0248. The molecule has 106 valence electrons. The number of piperidine rings is 1. The minimum Gasteiger partial charge on any atom is -0.329 e. The average molecular weight is 252 g/mol. The molecule has 0 spiro atoms. The highest BCUT2D eigenvalue weighted by Gasteiger charge is 2.35. The second kappa shape index (κ2) is 7.49. The van der Waals surface area contributed by atoms with Crippen LogP contribution in [0, 0.1) is 5.92 Å². The summed E-state index contributed by atoms with van der Waals surface area (Å²) in [6, 6.07) is 1.55. The van der Waals surface area contributed by atoms with E-state index in [1.807, 2.05) is 0 Å². The van der Waals surface area contributed by atoms with Crippen LogP contribution < -0.4 is 5.73 Å². The summed E-state index contributed by atoms with van der Waals surface area (Å²) in [5.74, 6) is 0.993. The maximum Gasteiger partial charge on any atom is 0.0221 e. The highest BCUT2D eigenvalue weighted by molar-refractivity contribution is 4.90. The molecule has 0 bridgehead atoms. The largest absolute Gasteiger partial charge is 0.329 e. The maximum atomic E-state index is 6.07. The third-order valence-corrected chi connectivity index (χ3v) is 5.17. The second-order valence-corrected chi connectivity index (χ2v) is 6.38. The zero-order chi connectivity index (χ0) is 12.8. The molecule has 0 radical (unpaired) electrons. The first kappa shape index (κ1) is 14.3. The van der Waals surface area contributed by atoms with Crippen LogP contribution in [0.25, 0.3) is 0 Å². The van der Waals surface area contributed by atoms with Crippen LogP contribution in [-0.2, 0) is 0 Å². The van der Waals surface area contributed by atoms with Crippen LogP contribution in [0.3, 0.4) is 0 Å². The summed E-state index contributed by atoms with van der Waals surface area (Å²) in [5, 5.41) is 0. The van der Waals surface area contributed by atoms with Crippen LogP contribution in [0.2, 0.25) is 0 Å². The van der Waals surface area contributed by atoms with Gasteiger partial charge in [0.2, 0.25) is 0 Å². The number of nitrogens with two attached hydrogens (primary N) is 1. The van der Waals surface area contributed by atoms with Crippen molar-refractivity contribution in [2.24, 2.45) is 11.7 Å². The van der Waals surface area contributed by atoms with Gasteiger partial charge >= 0.3 is 0 Å². The molecule has 2 N–H and O–H groups in total. The van der Waals surface area contributed by atoms with E-state index in [0.29, 0.717) is 6.04 Å². The van der Waals surface area contributed by atoms with Gasteiger partial charge in [-0.3, -0.25) is 4.90 Å². The molecule has 2 heteroatoms. The van der Waals surface area contributed by atoms with E-state index in [1.165, 1.54) is 70.8 Å². The van der Waals surface area contributed by atoms with E-state index in [4.69, 9.17) is 5.73 Å². The smallest absolute Gasteiger partial charge is 0.0221 e. The van der Waals surface area contributed by atoms with E-state index < -0.39 is 0 Å². The van der Waals surface area contributed by atoms with Gasteiger partial charge in [-0.05, 0) is 44.6 Å². The Kier molecular flexibility index (Phi) is 5.97. The summed E-state index contributed by atoms with van der Waals surface area (Å²) in [6.45, 7) is 4.47. The molecular formula is C16H32N2. The first-order valence-corrected chi connectivity index (χ1v) is 8.32. The number of fused-ring (bicyclic) bond motifs is 1. The van der Waals surface area contributed by atoms with E-state index in [-0.39, 0.29) is 0 Å². The van der Waals surface area contributed by atoms with Gasteiger partial charge in [0.05, 0.1) is 0 Å². The van der Waals surface area contributed by atoms with Crippen LogP contribution in [-0.4, -0.2) is 30.1 Å². The molecular weight excluding hydrogens is 220 g/mol. The van der Waals surface area contributed by atoms with E-state index in [9.17, 15) is 0 Å². The third-order valence-electron chi connectivity index (χ3n) is 5.17. The molecule has 3 atom stereocenters. The van der Waals surface area contributed by atoms with E-state index >= 15 is 0 Å². The summed E-state index contributed by atoms with van der Waals surface area (Å²) in [7, 11) is 0. The SMILES string of the molecule is CCCCCC(CN)N1CCCC2CCCCC21. The Morgan fingerprint density at radius 1 is 1.11 bits per heavy atom.